The van der Waals surface area contributed by atoms with Crippen LogP contribution in [0.2, 0.25) is 0 Å². The maximum absolute atomic E-state index is 3.83. The summed E-state index contributed by atoms with van der Waals surface area (Å²) in [5, 5.41) is 0. The van der Waals surface area contributed by atoms with Crippen molar-refractivity contribution >= 4 is 31.9 Å². The fourth-order valence-corrected chi connectivity index (χ4v) is 3.63. The van der Waals surface area contributed by atoms with Gasteiger partial charge in [-0.25, -0.2) is 0 Å². The van der Waals surface area contributed by atoms with Crippen molar-refractivity contribution < 1.29 is 0 Å². The van der Waals surface area contributed by atoms with Crippen molar-refractivity contribution in [2.75, 3.05) is 0 Å². The molecule has 2 rings (SSSR count). The Kier molecular flexibility index (Phi) is 5.86. The molecule has 0 aliphatic carbocycles. The molecule has 106 valence electrons. The van der Waals surface area contributed by atoms with E-state index in [0.29, 0.717) is 0 Å². The highest BCUT2D eigenvalue weighted by molar-refractivity contribution is 9.10. The van der Waals surface area contributed by atoms with Gasteiger partial charge in [0, 0.05) is 4.47 Å². The van der Waals surface area contributed by atoms with Gasteiger partial charge in [0.2, 0.25) is 0 Å². The molecule has 0 aliphatic rings. The third-order valence-electron chi connectivity index (χ3n) is 3.60. The van der Waals surface area contributed by atoms with Gasteiger partial charge in [-0.3, -0.25) is 0 Å². The summed E-state index contributed by atoms with van der Waals surface area (Å²) in [6.45, 7) is 4.39. The second kappa shape index (κ2) is 7.42. The molecule has 0 amide bonds. The summed E-state index contributed by atoms with van der Waals surface area (Å²) < 4.78 is 1.13. The van der Waals surface area contributed by atoms with Crippen LogP contribution < -0.4 is 0 Å². The van der Waals surface area contributed by atoms with Crippen LogP contribution in [0, 0.1) is 6.92 Å². The molecule has 0 bridgehead atoms. The van der Waals surface area contributed by atoms with E-state index in [4.69, 9.17) is 0 Å². The summed E-state index contributed by atoms with van der Waals surface area (Å²) in [4.78, 5) is 0.260. The molecule has 0 radical (unpaired) electrons. The number of hydrogen-bond donors (Lipinski definition) is 0. The van der Waals surface area contributed by atoms with Crippen LogP contribution in [0.4, 0.5) is 0 Å². The summed E-state index contributed by atoms with van der Waals surface area (Å²) >= 11 is 7.35. The van der Waals surface area contributed by atoms with E-state index in [1.165, 1.54) is 41.5 Å². The summed E-state index contributed by atoms with van der Waals surface area (Å²) in [5.74, 6) is 0. The Balaban J connectivity index is 2.18. The zero-order chi connectivity index (χ0) is 14.5. The Morgan fingerprint density at radius 3 is 2.35 bits per heavy atom. The highest BCUT2D eigenvalue weighted by Gasteiger charge is 2.12. The first-order valence-electron chi connectivity index (χ1n) is 7.10. The lowest BCUT2D eigenvalue weighted by atomic mass is 9.99. The molecule has 0 nitrogen and oxygen atoms in total. The van der Waals surface area contributed by atoms with Gasteiger partial charge in [-0.05, 0) is 54.2 Å². The standard InChI is InChI=1S/C18H20Br2/c1-3-4-5-14-6-8-15(9-7-14)18(20)17-11-10-16(19)12-13(17)2/h6-12,18H,3-5H2,1-2H3. The van der Waals surface area contributed by atoms with Gasteiger partial charge in [-0.1, -0.05) is 75.5 Å². The molecule has 2 heteroatoms. The van der Waals surface area contributed by atoms with Crippen LogP contribution in [-0.2, 0) is 6.42 Å². The van der Waals surface area contributed by atoms with Gasteiger partial charge in [-0.15, -0.1) is 0 Å². The summed E-state index contributed by atoms with van der Waals surface area (Å²) in [6.07, 6.45) is 3.70. The van der Waals surface area contributed by atoms with E-state index in [-0.39, 0.29) is 4.83 Å². The van der Waals surface area contributed by atoms with Crippen LogP contribution in [0.5, 0.6) is 0 Å². The van der Waals surface area contributed by atoms with Gasteiger partial charge in [-0.2, -0.15) is 0 Å². The number of rotatable bonds is 5. The molecular formula is C18H20Br2. The fourth-order valence-electron chi connectivity index (χ4n) is 2.34. The second-order valence-electron chi connectivity index (χ2n) is 5.21. The van der Waals surface area contributed by atoms with Crippen LogP contribution >= 0.6 is 31.9 Å². The minimum Gasteiger partial charge on any atom is -0.0786 e. The van der Waals surface area contributed by atoms with Gasteiger partial charge in [0.15, 0.2) is 0 Å². The second-order valence-corrected chi connectivity index (χ2v) is 7.04. The number of hydrogen-bond acceptors (Lipinski definition) is 0. The molecule has 0 N–H and O–H groups in total. The van der Waals surface area contributed by atoms with Gasteiger partial charge in [0.25, 0.3) is 0 Å². The van der Waals surface area contributed by atoms with Gasteiger partial charge >= 0.3 is 0 Å². The molecule has 2 aromatic rings. The molecule has 0 saturated carbocycles. The normalized spacial score (nSPS) is 12.4. The SMILES string of the molecule is CCCCc1ccc(C(Br)c2ccc(Br)cc2C)cc1. The van der Waals surface area contributed by atoms with Crippen molar-refractivity contribution in [3.05, 3.63) is 69.2 Å². The predicted octanol–water partition coefficient (Wildman–Crippen LogP) is 6.58. The lowest BCUT2D eigenvalue weighted by Crippen LogP contribution is -1.96. The monoisotopic (exact) mass is 394 g/mol. The van der Waals surface area contributed by atoms with Crippen LogP contribution in [0.1, 0.15) is 46.8 Å². The largest absolute Gasteiger partial charge is 0.0786 e. The number of aryl methyl sites for hydroxylation is 2. The van der Waals surface area contributed by atoms with Gasteiger partial charge < -0.3 is 0 Å². The molecule has 0 saturated heterocycles. The zero-order valence-electron chi connectivity index (χ0n) is 12.0. The molecule has 0 heterocycles. The summed E-state index contributed by atoms with van der Waals surface area (Å²) in [5.41, 5.74) is 5.38. The Hall–Kier alpha value is -0.600. The first kappa shape index (κ1) is 15.8. The van der Waals surface area contributed by atoms with Crippen LogP contribution in [0.3, 0.4) is 0 Å². The molecule has 2 aromatic carbocycles. The number of alkyl halides is 1. The van der Waals surface area contributed by atoms with Gasteiger partial charge in [0.05, 0.1) is 4.83 Å². The molecule has 1 atom stereocenters. The smallest absolute Gasteiger partial charge is 0.0647 e. The Labute approximate surface area is 138 Å². The number of halogens is 2. The van der Waals surface area contributed by atoms with Crippen molar-refractivity contribution in [2.45, 2.75) is 37.9 Å². The first-order valence-corrected chi connectivity index (χ1v) is 8.81. The van der Waals surface area contributed by atoms with Crippen LogP contribution in [-0.4, -0.2) is 0 Å². The highest BCUT2D eigenvalue weighted by atomic mass is 79.9. The van der Waals surface area contributed by atoms with Crippen molar-refractivity contribution in [1.29, 1.82) is 0 Å². The Morgan fingerprint density at radius 1 is 1.05 bits per heavy atom. The lowest BCUT2D eigenvalue weighted by molar-refractivity contribution is 0.795. The Bertz CT molecular complexity index is 558. The molecule has 0 aliphatic heterocycles. The topological polar surface area (TPSA) is 0 Å². The van der Waals surface area contributed by atoms with E-state index < -0.39 is 0 Å². The van der Waals surface area contributed by atoms with E-state index in [0.717, 1.165) is 4.47 Å². The average Bonchev–Trinajstić information content (AvgIpc) is 2.45. The maximum Gasteiger partial charge on any atom is 0.0647 e. The summed E-state index contributed by atoms with van der Waals surface area (Å²) in [6, 6.07) is 15.5. The predicted molar refractivity (Wildman–Crippen MR) is 94.7 cm³/mol. The molecule has 0 spiro atoms. The molecule has 0 aromatic heterocycles. The van der Waals surface area contributed by atoms with E-state index in [1.807, 2.05) is 0 Å². The van der Waals surface area contributed by atoms with Crippen molar-refractivity contribution in [2.24, 2.45) is 0 Å². The van der Waals surface area contributed by atoms with Gasteiger partial charge in [0.1, 0.15) is 0 Å². The molecule has 1 unspecified atom stereocenters. The maximum atomic E-state index is 3.83. The third kappa shape index (κ3) is 3.95. The quantitative estimate of drug-likeness (QED) is 0.501. The summed E-state index contributed by atoms with van der Waals surface area (Å²) in [7, 11) is 0. The van der Waals surface area contributed by atoms with E-state index in [1.54, 1.807) is 0 Å². The third-order valence-corrected chi connectivity index (χ3v) is 5.11. The van der Waals surface area contributed by atoms with E-state index >= 15 is 0 Å². The molecule has 0 fully saturated rings. The Morgan fingerprint density at radius 2 is 1.75 bits per heavy atom. The first-order chi connectivity index (χ1) is 9.61. The minimum atomic E-state index is 0.260. The molecule has 20 heavy (non-hydrogen) atoms. The minimum absolute atomic E-state index is 0.260. The fraction of sp³-hybridized carbons (Fsp3) is 0.333. The average molecular weight is 396 g/mol. The van der Waals surface area contributed by atoms with Crippen LogP contribution in [0.25, 0.3) is 0 Å². The zero-order valence-corrected chi connectivity index (χ0v) is 15.2. The molecular weight excluding hydrogens is 376 g/mol. The lowest BCUT2D eigenvalue weighted by Gasteiger charge is -2.14. The van der Waals surface area contributed by atoms with E-state index in [9.17, 15) is 0 Å². The van der Waals surface area contributed by atoms with Crippen molar-refractivity contribution in [1.82, 2.24) is 0 Å². The van der Waals surface area contributed by atoms with E-state index in [2.05, 4.69) is 88.2 Å². The van der Waals surface area contributed by atoms with Crippen LogP contribution in [0.15, 0.2) is 46.9 Å². The number of benzene rings is 2. The highest BCUT2D eigenvalue weighted by Crippen LogP contribution is 2.34. The number of unbranched alkanes of at least 4 members (excludes halogenated alkanes) is 1. The van der Waals surface area contributed by atoms with Crippen molar-refractivity contribution in [3.63, 3.8) is 0 Å². The van der Waals surface area contributed by atoms with Crippen molar-refractivity contribution in [3.8, 4) is 0 Å².